The zero-order valence-corrected chi connectivity index (χ0v) is 11.9. The normalized spacial score (nSPS) is 31.3. The average molecular weight is 263 g/mol. The third kappa shape index (κ3) is 4.14. The SMILES string of the molecule is COC(Cl)C(=O)OC1CC(C)CCC1C(C)C. The lowest BCUT2D eigenvalue weighted by Crippen LogP contribution is -2.37. The molecule has 3 nitrogen and oxygen atoms in total. The highest BCUT2D eigenvalue weighted by Gasteiger charge is 2.34. The maximum Gasteiger partial charge on any atom is 0.351 e. The van der Waals surface area contributed by atoms with Crippen molar-refractivity contribution in [2.75, 3.05) is 7.11 Å². The zero-order valence-electron chi connectivity index (χ0n) is 11.1. The van der Waals surface area contributed by atoms with Gasteiger partial charge < -0.3 is 9.47 Å². The first-order valence-electron chi connectivity index (χ1n) is 6.33. The highest BCUT2D eigenvalue weighted by atomic mass is 35.5. The summed E-state index contributed by atoms with van der Waals surface area (Å²) in [5.41, 5.74) is -0.986. The highest BCUT2D eigenvalue weighted by molar-refractivity contribution is 6.28. The number of halogens is 1. The van der Waals surface area contributed by atoms with E-state index in [0.29, 0.717) is 17.8 Å². The Morgan fingerprint density at radius 2 is 2.00 bits per heavy atom. The molecular weight excluding hydrogens is 240 g/mol. The van der Waals surface area contributed by atoms with Crippen molar-refractivity contribution >= 4 is 17.6 Å². The van der Waals surface area contributed by atoms with Gasteiger partial charge in [0.15, 0.2) is 0 Å². The third-order valence-corrected chi connectivity index (χ3v) is 3.98. The smallest absolute Gasteiger partial charge is 0.351 e. The molecule has 1 fully saturated rings. The van der Waals surface area contributed by atoms with Crippen molar-refractivity contribution in [1.82, 2.24) is 0 Å². The Labute approximate surface area is 109 Å². The van der Waals surface area contributed by atoms with Gasteiger partial charge in [0.1, 0.15) is 6.10 Å². The Kier molecular flexibility index (Phi) is 5.74. The van der Waals surface area contributed by atoms with Crippen molar-refractivity contribution in [3.8, 4) is 0 Å². The van der Waals surface area contributed by atoms with Crippen LogP contribution in [0.15, 0.2) is 0 Å². The number of alkyl halides is 1. The van der Waals surface area contributed by atoms with Gasteiger partial charge in [-0.05, 0) is 30.6 Å². The van der Waals surface area contributed by atoms with E-state index in [1.165, 1.54) is 13.5 Å². The summed E-state index contributed by atoms with van der Waals surface area (Å²) >= 11 is 5.70. The van der Waals surface area contributed by atoms with Gasteiger partial charge in [0.05, 0.1) is 0 Å². The first kappa shape index (κ1) is 14.8. The fourth-order valence-electron chi connectivity index (χ4n) is 2.55. The zero-order chi connectivity index (χ0) is 13.0. The number of ether oxygens (including phenoxy) is 2. The van der Waals surface area contributed by atoms with E-state index < -0.39 is 11.5 Å². The molecule has 0 N–H and O–H groups in total. The summed E-state index contributed by atoms with van der Waals surface area (Å²) < 4.78 is 10.3. The van der Waals surface area contributed by atoms with Crippen LogP contribution in [-0.4, -0.2) is 24.7 Å². The predicted molar refractivity (Wildman–Crippen MR) is 67.9 cm³/mol. The van der Waals surface area contributed by atoms with Gasteiger partial charge in [-0.2, -0.15) is 0 Å². The lowest BCUT2D eigenvalue weighted by atomic mass is 9.75. The van der Waals surface area contributed by atoms with Crippen molar-refractivity contribution in [3.63, 3.8) is 0 Å². The van der Waals surface area contributed by atoms with Crippen LogP contribution in [0.3, 0.4) is 0 Å². The topological polar surface area (TPSA) is 35.5 Å². The van der Waals surface area contributed by atoms with E-state index in [4.69, 9.17) is 21.1 Å². The Balaban J connectivity index is 2.60. The molecule has 1 aliphatic rings. The monoisotopic (exact) mass is 262 g/mol. The van der Waals surface area contributed by atoms with Gasteiger partial charge in [-0.25, -0.2) is 4.79 Å². The predicted octanol–water partition coefficient (Wildman–Crippen LogP) is 3.20. The minimum absolute atomic E-state index is 0.0114. The Bertz CT molecular complexity index is 255. The maximum absolute atomic E-state index is 11.6. The maximum atomic E-state index is 11.6. The highest BCUT2D eigenvalue weighted by Crippen LogP contribution is 2.35. The van der Waals surface area contributed by atoms with E-state index in [1.807, 2.05) is 0 Å². The number of rotatable bonds is 4. The Hall–Kier alpha value is -0.280. The summed E-state index contributed by atoms with van der Waals surface area (Å²) in [5, 5.41) is 0. The molecule has 0 spiro atoms. The van der Waals surface area contributed by atoms with E-state index in [-0.39, 0.29) is 6.10 Å². The van der Waals surface area contributed by atoms with Crippen LogP contribution in [-0.2, 0) is 14.3 Å². The summed E-state index contributed by atoms with van der Waals surface area (Å²) in [7, 11) is 1.41. The van der Waals surface area contributed by atoms with Crippen LogP contribution < -0.4 is 0 Å². The van der Waals surface area contributed by atoms with Crippen molar-refractivity contribution in [3.05, 3.63) is 0 Å². The number of carbonyl (C=O) groups excluding carboxylic acids is 1. The molecule has 0 bridgehead atoms. The first-order valence-corrected chi connectivity index (χ1v) is 6.76. The molecule has 0 radical (unpaired) electrons. The molecule has 0 aromatic heterocycles. The summed E-state index contributed by atoms with van der Waals surface area (Å²) in [5.74, 6) is 1.12. The molecule has 1 aliphatic carbocycles. The molecule has 1 rings (SSSR count). The molecule has 4 atom stereocenters. The molecule has 0 saturated heterocycles. The average Bonchev–Trinajstić information content (AvgIpc) is 2.27. The van der Waals surface area contributed by atoms with Crippen LogP contribution in [0.2, 0.25) is 0 Å². The molecule has 0 aromatic rings. The van der Waals surface area contributed by atoms with Gasteiger partial charge >= 0.3 is 5.97 Å². The lowest BCUT2D eigenvalue weighted by molar-refractivity contribution is -0.162. The molecule has 17 heavy (non-hydrogen) atoms. The largest absolute Gasteiger partial charge is 0.459 e. The van der Waals surface area contributed by atoms with Crippen molar-refractivity contribution in [1.29, 1.82) is 0 Å². The standard InChI is InChI=1S/C13H23ClO3/c1-8(2)10-6-5-9(3)7-11(10)17-13(15)12(14)16-4/h8-12H,5-7H2,1-4H3. The van der Waals surface area contributed by atoms with Gasteiger partial charge in [-0.15, -0.1) is 0 Å². The minimum Gasteiger partial charge on any atom is -0.459 e. The van der Waals surface area contributed by atoms with E-state index in [2.05, 4.69) is 20.8 Å². The van der Waals surface area contributed by atoms with Gasteiger partial charge in [0.25, 0.3) is 0 Å². The number of hydrogen-bond donors (Lipinski definition) is 0. The quantitative estimate of drug-likeness (QED) is 0.577. The molecule has 4 unspecified atom stereocenters. The number of esters is 1. The Morgan fingerprint density at radius 3 is 2.53 bits per heavy atom. The summed E-state index contributed by atoms with van der Waals surface area (Å²) in [6.07, 6.45) is 3.26. The molecule has 4 heteroatoms. The number of hydrogen-bond acceptors (Lipinski definition) is 3. The van der Waals surface area contributed by atoms with Crippen LogP contribution in [0.1, 0.15) is 40.0 Å². The summed E-state index contributed by atoms with van der Waals surface area (Å²) in [4.78, 5) is 11.6. The van der Waals surface area contributed by atoms with Crippen molar-refractivity contribution in [2.45, 2.75) is 51.7 Å². The second kappa shape index (κ2) is 6.60. The second-order valence-electron chi connectivity index (χ2n) is 5.35. The lowest BCUT2D eigenvalue weighted by Gasteiger charge is -2.36. The first-order chi connectivity index (χ1) is 7.95. The van der Waals surface area contributed by atoms with E-state index in [0.717, 1.165) is 12.8 Å². The van der Waals surface area contributed by atoms with Crippen LogP contribution in [0.4, 0.5) is 0 Å². The Morgan fingerprint density at radius 1 is 1.35 bits per heavy atom. The summed E-state index contributed by atoms with van der Waals surface area (Å²) in [6, 6.07) is 0. The number of methoxy groups -OCH3 is 1. The van der Waals surface area contributed by atoms with E-state index >= 15 is 0 Å². The number of carbonyl (C=O) groups is 1. The molecule has 1 saturated carbocycles. The minimum atomic E-state index is -0.986. The van der Waals surface area contributed by atoms with E-state index in [9.17, 15) is 4.79 Å². The van der Waals surface area contributed by atoms with Gasteiger partial charge in [-0.3, -0.25) is 0 Å². The molecule has 0 aliphatic heterocycles. The molecule has 100 valence electrons. The van der Waals surface area contributed by atoms with Crippen LogP contribution in [0.25, 0.3) is 0 Å². The van der Waals surface area contributed by atoms with Crippen LogP contribution in [0, 0.1) is 17.8 Å². The van der Waals surface area contributed by atoms with Crippen molar-refractivity contribution < 1.29 is 14.3 Å². The van der Waals surface area contributed by atoms with E-state index in [1.54, 1.807) is 0 Å². The van der Waals surface area contributed by atoms with Crippen molar-refractivity contribution in [2.24, 2.45) is 17.8 Å². The third-order valence-electron chi connectivity index (χ3n) is 3.62. The van der Waals surface area contributed by atoms with Gasteiger partial charge in [0, 0.05) is 7.11 Å². The van der Waals surface area contributed by atoms with Gasteiger partial charge in [0.2, 0.25) is 5.56 Å². The summed E-state index contributed by atoms with van der Waals surface area (Å²) in [6.45, 7) is 6.55. The molecule has 0 heterocycles. The fraction of sp³-hybridized carbons (Fsp3) is 0.923. The van der Waals surface area contributed by atoms with Crippen LogP contribution in [0.5, 0.6) is 0 Å². The van der Waals surface area contributed by atoms with Crippen LogP contribution >= 0.6 is 11.6 Å². The fourth-order valence-corrected chi connectivity index (χ4v) is 2.60. The molecular formula is C13H23ClO3. The molecule has 0 aromatic carbocycles. The second-order valence-corrected chi connectivity index (χ2v) is 5.75. The van der Waals surface area contributed by atoms with Gasteiger partial charge in [-0.1, -0.05) is 38.8 Å². The molecule has 0 amide bonds.